The molecule has 8 rings (SSSR count). The maximum Gasteiger partial charge on any atom is 0.309 e. The third-order valence-electron chi connectivity index (χ3n) is 14.7. The van der Waals surface area contributed by atoms with Crippen LogP contribution in [0.5, 0.6) is 0 Å². The lowest BCUT2D eigenvalue weighted by molar-refractivity contribution is -0.142. The van der Waals surface area contributed by atoms with Crippen LogP contribution < -0.4 is 85.5 Å². The van der Waals surface area contributed by atoms with E-state index in [1.807, 2.05) is 0 Å². The minimum absolute atomic E-state index is 0.187. The fraction of sp³-hybridized carbons (Fsp3) is 0.800. The predicted octanol–water partition coefficient (Wildman–Crippen LogP) is -10.5. The first-order chi connectivity index (χ1) is 31.4. The average Bonchev–Trinajstić information content (AvgIpc) is 4.11. The molecule has 8 aliphatic heterocycles. The largest absolute Gasteiger partial charge is 0.481 e. The first-order valence-corrected chi connectivity index (χ1v) is 23.1. The minimum Gasteiger partial charge on any atom is -0.481 e. The van der Waals surface area contributed by atoms with Gasteiger partial charge in [-0.1, -0.05) is 0 Å². The van der Waals surface area contributed by atoms with Crippen molar-refractivity contribution in [2.24, 2.45) is 53.1 Å². The van der Waals surface area contributed by atoms with Crippen LogP contribution in [0.15, 0.2) is 0 Å². The number of carboxylic acids is 1. The van der Waals surface area contributed by atoms with E-state index in [2.05, 4.69) is 79.8 Å². The van der Waals surface area contributed by atoms with E-state index in [0.717, 1.165) is 0 Å². The van der Waals surface area contributed by atoms with Crippen LogP contribution in [0.3, 0.4) is 0 Å². The van der Waals surface area contributed by atoms with Crippen molar-refractivity contribution in [1.82, 2.24) is 79.8 Å². The normalized spacial score (nSPS) is 38.8. The van der Waals surface area contributed by atoms with Gasteiger partial charge < -0.3 is 90.6 Å². The van der Waals surface area contributed by atoms with Crippen LogP contribution in [0.1, 0.15) is 0 Å². The smallest absolute Gasteiger partial charge is 0.309 e. The summed E-state index contributed by atoms with van der Waals surface area (Å²) in [6, 6.07) is -3.93. The summed E-state index contributed by atoms with van der Waals surface area (Å²) in [5.41, 5.74) is 6.08. The molecule has 8 heterocycles. The van der Waals surface area contributed by atoms with E-state index in [1.54, 1.807) is 0 Å². The molecule has 16 atom stereocenters. The Labute approximate surface area is 376 Å². The molecule has 360 valence electrons. The molecule has 65 heavy (non-hydrogen) atoms. The van der Waals surface area contributed by atoms with Crippen molar-refractivity contribution in [2.75, 3.05) is 105 Å². The number of rotatable bonds is 15. The highest BCUT2D eigenvalue weighted by atomic mass is 16.4. The molecule has 0 radical (unpaired) electrons. The lowest BCUT2D eigenvalue weighted by Gasteiger charge is -2.28. The van der Waals surface area contributed by atoms with Gasteiger partial charge in [0, 0.05) is 111 Å². The van der Waals surface area contributed by atoms with Gasteiger partial charge in [0.1, 0.15) is 0 Å². The first-order valence-electron chi connectivity index (χ1n) is 23.1. The van der Waals surface area contributed by atoms with Crippen molar-refractivity contribution in [1.29, 1.82) is 0 Å². The molecular formula is C40H66N16O9. The van der Waals surface area contributed by atoms with Gasteiger partial charge in [-0.3, -0.25) is 38.4 Å². The van der Waals surface area contributed by atoms with E-state index in [1.165, 1.54) is 0 Å². The summed E-state index contributed by atoms with van der Waals surface area (Å²) < 4.78 is 0. The third kappa shape index (κ3) is 10.7. The second-order valence-corrected chi connectivity index (χ2v) is 18.9. The van der Waals surface area contributed by atoms with Gasteiger partial charge in [0.15, 0.2) is 0 Å². The second-order valence-electron chi connectivity index (χ2n) is 18.9. The summed E-state index contributed by atoms with van der Waals surface area (Å²) in [4.78, 5) is 106. The first kappa shape index (κ1) is 46.9. The number of amides is 7. The van der Waals surface area contributed by atoms with E-state index < -0.39 is 89.7 Å². The zero-order chi connectivity index (χ0) is 45.8. The Hall–Kier alpha value is -4.60. The molecule has 0 spiro atoms. The number of hydrogen-bond donors (Lipinski definition) is 17. The number of hydrogen-bond acceptors (Lipinski definition) is 17. The molecule has 25 nitrogen and oxygen atoms in total. The zero-order valence-corrected chi connectivity index (χ0v) is 36.3. The predicted molar refractivity (Wildman–Crippen MR) is 230 cm³/mol. The van der Waals surface area contributed by atoms with Crippen LogP contribution in [0, 0.1) is 47.3 Å². The molecule has 0 aromatic heterocycles. The van der Waals surface area contributed by atoms with Crippen molar-refractivity contribution in [3.8, 4) is 0 Å². The van der Waals surface area contributed by atoms with Crippen molar-refractivity contribution in [3.63, 3.8) is 0 Å². The Morgan fingerprint density at radius 3 is 0.692 bits per heavy atom. The maximum absolute atomic E-state index is 13.8. The molecule has 0 bridgehead atoms. The zero-order valence-electron chi connectivity index (χ0n) is 36.3. The third-order valence-corrected chi connectivity index (χ3v) is 14.7. The number of carbonyl (C=O) groups excluding carboxylic acids is 7. The summed E-state index contributed by atoms with van der Waals surface area (Å²) in [6.45, 7) is 5.82. The maximum atomic E-state index is 13.8. The number of carbonyl (C=O) groups is 8. The summed E-state index contributed by atoms with van der Waals surface area (Å²) in [6.07, 6.45) is 0. The summed E-state index contributed by atoms with van der Waals surface area (Å²) >= 11 is 0. The van der Waals surface area contributed by atoms with Crippen LogP contribution in [0.2, 0.25) is 0 Å². The standard InChI is InChI=1S/C40H66N16O9/c41-25-9-42-1-17(25)33(57)50-26-10-43-2-18(26)34(58)51-27-11-44-3-19(27)35(59)52-28-12-45-4-20(28)36(60)53-29-13-46-5-21(29)37(61)54-30-14-47-6-22(30)38(62)55-31-15-48-7-23(31)39(63)56-32-16-49-8-24(32)40(64)65/h17-32,42-49H,1-16,41H2,(H,50,57)(H,51,58)(H,52,59)(H,53,60)(H,54,61)(H,55,62)(H,56,63)(H,64,65). The molecule has 7 amide bonds. The van der Waals surface area contributed by atoms with Crippen molar-refractivity contribution < 1.29 is 43.5 Å². The molecule has 8 aliphatic rings. The molecule has 25 heteroatoms. The van der Waals surface area contributed by atoms with Gasteiger partial charge in [0.05, 0.1) is 89.6 Å². The summed E-state index contributed by atoms with van der Waals surface area (Å²) in [5.74, 6) is -7.75. The Morgan fingerprint density at radius 1 is 0.292 bits per heavy atom. The molecule has 8 fully saturated rings. The number of nitrogens with one attached hydrogen (secondary N) is 15. The van der Waals surface area contributed by atoms with Gasteiger partial charge in [-0.05, 0) is 0 Å². The van der Waals surface area contributed by atoms with Crippen LogP contribution in [-0.2, 0) is 38.4 Å². The van der Waals surface area contributed by atoms with Gasteiger partial charge in [-0.25, -0.2) is 0 Å². The Morgan fingerprint density at radius 2 is 0.477 bits per heavy atom. The SMILES string of the molecule is NC1CNCC1C(=O)NC1CNCC1C(=O)NC1CNCC1C(=O)NC1CNCC1C(=O)NC1CNCC1C(=O)NC1CNCC1C(=O)NC1CNCC1C(=O)NC1CNCC1C(=O)O. The lowest BCUT2D eigenvalue weighted by atomic mass is 9.95. The van der Waals surface area contributed by atoms with Crippen molar-refractivity contribution in [2.45, 2.75) is 48.3 Å². The molecule has 16 unspecified atom stereocenters. The van der Waals surface area contributed by atoms with Crippen molar-refractivity contribution >= 4 is 47.3 Å². The van der Waals surface area contributed by atoms with E-state index in [-0.39, 0.29) is 59.9 Å². The van der Waals surface area contributed by atoms with E-state index in [4.69, 9.17) is 5.73 Å². The molecule has 0 aromatic rings. The van der Waals surface area contributed by atoms with E-state index in [0.29, 0.717) is 98.2 Å². The van der Waals surface area contributed by atoms with Gasteiger partial charge in [0.2, 0.25) is 41.4 Å². The van der Waals surface area contributed by atoms with E-state index in [9.17, 15) is 43.5 Å². The lowest BCUT2D eigenvalue weighted by Crippen LogP contribution is -2.56. The average molecular weight is 915 g/mol. The highest BCUT2D eigenvalue weighted by molar-refractivity contribution is 5.89. The molecule has 0 aliphatic carbocycles. The van der Waals surface area contributed by atoms with Crippen LogP contribution in [0.25, 0.3) is 0 Å². The number of carboxylic acid groups (broad SMARTS) is 1. The van der Waals surface area contributed by atoms with Gasteiger partial charge >= 0.3 is 5.97 Å². The van der Waals surface area contributed by atoms with Gasteiger partial charge in [0.25, 0.3) is 0 Å². The molecule has 0 aromatic carbocycles. The fourth-order valence-electron chi connectivity index (χ4n) is 10.7. The summed E-state index contributed by atoms with van der Waals surface area (Å²) in [5, 5.41) is 55.7. The Bertz CT molecular complexity index is 1830. The van der Waals surface area contributed by atoms with Gasteiger partial charge in [-0.2, -0.15) is 0 Å². The molecule has 0 saturated carbocycles. The molecular weight excluding hydrogens is 849 g/mol. The Balaban J connectivity index is 0.794. The minimum atomic E-state index is -0.989. The van der Waals surface area contributed by atoms with E-state index >= 15 is 0 Å². The number of aliphatic carboxylic acids is 1. The topological polar surface area (TPSA) is 363 Å². The molecule has 18 N–H and O–H groups in total. The second kappa shape index (κ2) is 20.9. The quantitative estimate of drug-likeness (QED) is 0.0725. The van der Waals surface area contributed by atoms with Crippen LogP contribution >= 0.6 is 0 Å². The highest BCUT2D eigenvalue weighted by Gasteiger charge is 2.46. The highest BCUT2D eigenvalue weighted by Crippen LogP contribution is 2.21. The fourth-order valence-corrected chi connectivity index (χ4v) is 10.7. The van der Waals surface area contributed by atoms with Crippen LogP contribution in [0.4, 0.5) is 0 Å². The number of nitrogens with two attached hydrogens (primary N) is 1. The Kier molecular flexibility index (Phi) is 15.1. The monoisotopic (exact) mass is 915 g/mol. The van der Waals surface area contributed by atoms with Crippen molar-refractivity contribution in [3.05, 3.63) is 0 Å². The van der Waals surface area contributed by atoms with Crippen LogP contribution in [-0.4, -0.2) is 205 Å². The summed E-state index contributed by atoms with van der Waals surface area (Å²) in [7, 11) is 0. The molecule has 8 saturated heterocycles. The van der Waals surface area contributed by atoms with Gasteiger partial charge in [-0.15, -0.1) is 0 Å².